The SMILES string of the molecule is O=C(NCc1c(F)cccc1Cl)c1c[nH]c(-c2c[nH]c3ccccc23)c1. The van der Waals surface area contributed by atoms with E-state index in [4.69, 9.17) is 11.6 Å². The summed E-state index contributed by atoms with van der Waals surface area (Å²) >= 11 is 5.99. The van der Waals surface area contributed by atoms with Gasteiger partial charge in [0.1, 0.15) is 5.82 Å². The van der Waals surface area contributed by atoms with Crippen molar-refractivity contribution in [3.05, 3.63) is 82.9 Å². The molecule has 0 aliphatic rings. The third kappa shape index (κ3) is 2.97. The van der Waals surface area contributed by atoms with Crippen LogP contribution in [0.5, 0.6) is 0 Å². The summed E-state index contributed by atoms with van der Waals surface area (Å²) in [5.74, 6) is -0.738. The highest BCUT2D eigenvalue weighted by molar-refractivity contribution is 6.31. The van der Waals surface area contributed by atoms with E-state index in [1.165, 1.54) is 12.1 Å². The lowest BCUT2D eigenvalue weighted by Gasteiger charge is -2.07. The minimum absolute atomic E-state index is 0.0257. The zero-order valence-corrected chi connectivity index (χ0v) is 14.4. The number of hydrogen-bond donors (Lipinski definition) is 3. The lowest BCUT2D eigenvalue weighted by Crippen LogP contribution is -2.23. The maximum atomic E-state index is 13.8. The molecule has 0 unspecified atom stereocenters. The van der Waals surface area contributed by atoms with Crippen LogP contribution in [0.4, 0.5) is 4.39 Å². The Morgan fingerprint density at radius 3 is 2.77 bits per heavy atom. The molecule has 26 heavy (non-hydrogen) atoms. The first-order valence-corrected chi connectivity index (χ1v) is 8.47. The number of amides is 1. The molecule has 1 amide bonds. The van der Waals surface area contributed by atoms with Gasteiger partial charge in [0.05, 0.1) is 5.56 Å². The van der Waals surface area contributed by atoms with Gasteiger partial charge < -0.3 is 15.3 Å². The number of carbonyl (C=O) groups excluding carboxylic acids is 1. The Morgan fingerprint density at radius 2 is 1.92 bits per heavy atom. The predicted octanol–water partition coefficient (Wildman–Crippen LogP) is 4.89. The van der Waals surface area contributed by atoms with Crippen LogP contribution in [0.15, 0.2) is 60.9 Å². The number of aromatic nitrogens is 2. The van der Waals surface area contributed by atoms with Gasteiger partial charge in [0, 0.05) is 51.7 Å². The molecule has 2 heterocycles. The first-order valence-electron chi connectivity index (χ1n) is 8.09. The molecule has 4 rings (SSSR count). The molecule has 0 saturated heterocycles. The Balaban J connectivity index is 1.53. The quantitative estimate of drug-likeness (QED) is 0.472. The van der Waals surface area contributed by atoms with E-state index < -0.39 is 5.82 Å². The standard InChI is InChI=1S/C20H15ClFN3O/c21-16-5-3-6-17(22)15(16)11-25-20(26)12-8-19(23-9-12)14-10-24-18-7-2-1-4-13(14)18/h1-10,23-24H,11H2,(H,25,26). The maximum absolute atomic E-state index is 13.8. The number of rotatable bonds is 4. The zero-order valence-electron chi connectivity index (χ0n) is 13.6. The Bertz CT molecular complexity index is 1080. The van der Waals surface area contributed by atoms with Crippen LogP contribution in [0.1, 0.15) is 15.9 Å². The molecule has 4 nitrogen and oxygen atoms in total. The number of halogens is 2. The Labute approximate surface area is 154 Å². The van der Waals surface area contributed by atoms with E-state index in [-0.39, 0.29) is 18.0 Å². The van der Waals surface area contributed by atoms with Gasteiger partial charge in [0.25, 0.3) is 5.91 Å². The second-order valence-electron chi connectivity index (χ2n) is 5.93. The van der Waals surface area contributed by atoms with E-state index in [0.29, 0.717) is 10.6 Å². The molecule has 3 N–H and O–H groups in total. The van der Waals surface area contributed by atoms with Gasteiger partial charge in [-0.15, -0.1) is 0 Å². The van der Waals surface area contributed by atoms with Crippen molar-refractivity contribution in [3.8, 4) is 11.3 Å². The number of para-hydroxylation sites is 1. The molecule has 2 aromatic carbocycles. The van der Waals surface area contributed by atoms with Crippen molar-refractivity contribution in [2.45, 2.75) is 6.54 Å². The highest BCUT2D eigenvalue weighted by Gasteiger charge is 2.13. The molecule has 0 bridgehead atoms. The van der Waals surface area contributed by atoms with Crippen LogP contribution in [-0.4, -0.2) is 15.9 Å². The van der Waals surface area contributed by atoms with Crippen molar-refractivity contribution >= 4 is 28.4 Å². The average Bonchev–Trinajstić information content (AvgIpc) is 3.28. The van der Waals surface area contributed by atoms with Crippen LogP contribution in [0.2, 0.25) is 5.02 Å². The first-order chi connectivity index (χ1) is 12.6. The highest BCUT2D eigenvalue weighted by atomic mass is 35.5. The van der Waals surface area contributed by atoms with Gasteiger partial charge in [-0.25, -0.2) is 4.39 Å². The second kappa shape index (κ2) is 6.69. The van der Waals surface area contributed by atoms with Crippen molar-refractivity contribution in [2.75, 3.05) is 0 Å². The fraction of sp³-hybridized carbons (Fsp3) is 0.0500. The largest absolute Gasteiger partial charge is 0.360 e. The summed E-state index contributed by atoms with van der Waals surface area (Å²) in [4.78, 5) is 18.7. The maximum Gasteiger partial charge on any atom is 0.253 e. The van der Waals surface area contributed by atoms with Gasteiger partial charge in [-0.1, -0.05) is 35.9 Å². The van der Waals surface area contributed by atoms with E-state index in [1.54, 1.807) is 18.3 Å². The Morgan fingerprint density at radius 1 is 1.08 bits per heavy atom. The molecule has 0 saturated carbocycles. The van der Waals surface area contributed by atoms with Gasteiger partial charge in [-0.05, 0) is 24.3 Å². The zero-order chi connectivity index (χ0) is 18.1. The van der Waals surface area contributed by atoms with Gasteiger partial charge in [0.2, 0.25) is 0 Å². The predicted molar refractivity (Wildman–Crippen MR) is 101 cm³/mol. The molecule has 4 aromatic rings. The number of H-pyrrole nitrogens is 2. The molecule has 6 heteroatoms. The van der Waals surface area contributed by atoms with Gasteiger partial charge in [-0.3, -0.25) is 4.79 Å². The third-order valence-electron chi connectivity index (χ3n) is 4.31. The second-order valence-corrected chi connectivity index (χ2v) is 6.34. The van der Waals surface area contributed by atoms with Crippen LogP contribution in [0, 0.1) is 5.82 Å². The minimum Gasteiger partial charge on any atom is -0.360 e. The van der Waals surface area contributed by atoms with Crippen molar-refractivity contribution in [1.29, 1.82) is 0 Å². The molecule has 0 fully saturated rings. The summed E-state index contributed by atoms with van der Waals surface area (Å²) < 4.78 is 13.8. The molecule has 0 aliphatic heterocycles. The Kier molecular flexibility index (Phi) is 4.22. The third-order valence-corrected chi connectivity index (χ3v) is 4.67. The Hall–Kier alpha value is -3.05. The van der Waals surface area contributed by atoms with E-state index in [1.807, 2.05) is 30.5 Å². The van der Waals surface area contributed by atoms with Crippen LogP contribution in [0.3, 0.4) is 0 Å². The summed E-state index contributed by atoms with van der Waals surface area (Å²) in [5.41, 5.74) is 3.58. The molecular formula is C20H15ClFN3O. The summed E-state index contributed by atoms with van der Waals surface area (Å²) in [5, 5.41) is 4.06. The van der Waals surface area contributed by atoms with Crippen molar-refractivity contribution in [1.82, 2.24) is 15.3 Å². The smallest absolute Gasteiger partial charge is 0.253 e. The molecule has 0 radical (unpaired) electrons. The van der Waals surface area contributed by atoms with Crippen molar-refractivity contribution < 1.29 is 9.18 Å². The number of hydrogen-bond acceptors (Lipinski definition) is 1. The lowest BCUT2D eigenvalue weighted by atomic mass is 10.1. The number of carbonyl (C=O) groups is 1. The fourth-order valence-electron chi connectivity index (χ4n) is 2.95. The summed E-state index contributed by atoms with van der Waals surface area (Å²) in [7, 11) is 0. The van der Waals surface area contributed by atoms with E-state index in [0.717, 1.165) is 22.2 Å². The molecule has 0 aliphatic carbocycles. The lowest BCUT2D eigenvalue weighted by molar-refractivity contribution is 0.0951. The summed E-state index contributed by atoms with van der Waals surface area (Å²) in [6.07, 6.45) is 3.53. The topological polar surface area (TPSA) is 60.7 Å². The monoisotopic (exact) mass is 367 g/mol. The summed E-state index contributed by atoms with van der Waals surface area (Å²) in [6.45, 7) is 0.0257. The van der Waals surface area contributed by atoms with E-state index in [2.05, 4.69) is 15.3 Å². The van der Waals surface area contributed by atoms with Gasteiger partial charge in [0.15, 0.2) is 0 Å². The number of nitrogens with one attached hydrogen (secondary N) is 3. The van der Waals surface area contributed by atoms with Crippen LogP contribution in [0.25, 0.3) is 22.2 Å². The van der Waals surface area contributed by atoms with Gasteiger partial charge in [-0.2, -0.15) is 0 Å². The first kappa shape index (κ1) is 16.4. The summed E-state index contributed by atoms with van der Waals surface area (Å²) in [6, 6.07) is 14.2. The molecule has 2 aromatic heterocycles. The molecule has 0 atom stereocenters. The number of aromatic amines is 2. The van der Waals surface area contributed by atoms with Crippen LogP contribution in [-0.2, 0) is 6.54 Å². The number of benzene rings is 2. The molecule has 0 spiro atoms. The normalized spacial score (nSPS) is 11.0. The molecule has 130 valence electrons. The molecular weight excluding hydrogens is 353 g/mol. The van der Waals surface area contributed by atoms with Crippen molar-refractivity contribution in [3.63, 3.8) is 0 Å². The average molecular weight is 368 g/mol. The number of fused-ring (bicyclic) bond motifs is 1. The van der Waals surface area contributed by atoms with Gasteiger partial charge >= 0.3 is 0 Å². The minimum atomic E-state index is -0.439. The van der Waals surface area contributed by atoms with Crippen LogP contribution < -0.4 is 5.32 Å². The van der Waals surface area contributed by atoms with E-state index in [9.17, 15) is 9.18 Å². The van der Waals surface area contributed by atoms with Crippen LogP contribution >= 0.6 is 11.6 Å². The van der Waals surface area contributed by atoms with Crippen molar-refractivity contribution in [2.24, 2.45) is 0 Å². The van der Waals surface area contributed by atoms with E-state index >= 15 is 0 Å². The fourth-order valence-corrected chi connectivity index (χ4v) is 3.18. The highest BCUT2D eigenvalue weighted by Crippen LogP contribution is 2.28.